The van der Waals surface area contributed by atoms with Crippen LogP contribution < -0.4 is 0 Å². The highest BCUT2D eigenvalue weighted by atomic mass is 16.2. The van der Waals surface area contributed by atoms with E-state index in [0.29, 0.717) is 0 Å². The Hall–Kier alpha value is -0.730. The second kappa shape index (κ2) is 5.10. The van der Waals surface area contributed by atoms with Crippen LogP contribution in [0.1, 0.15) is 33.1 Å². The van der Waals surface area contributed by atoms with Crippen LogP contribution in [0.3, 0.4) is 0 Å². The first kappa shape index (κ1) is 10.4. The molecule has 1 fully saturated rings. The molecular weight excluding hydrogens is 164 g/mol. The van der Waals surface area contributed by atoms with Crippen LogP contribution in [0.2, 0.25) is 0 Å². The molecule has 0 aromatic rings. The molecule has 1 aliphatic heterocycles. The van der Waals surface area contributed by atoms with E-state index in [4.69, 9.17) is 0 Å². The molecule has 0 aliphatic carbocycles. The van der Waals surface area contributed by atoms with Crippen molar-refractivity contribution in [1.29, 1.82) is 0 Å². The molecule has 0 unspecified atom stereocenters. The van der Waals surface area contributed by atoms with Gasteiger partial charge < -0.3 is 9.80 Å². The van der Waals surface area contributed by atoms with Crippen LogP contribution in [0.4, 0.5) is 4.79 Å². The van der Waals surface area contributed by atoms with Gasteiger partial charge >= 0.3 is 6.03 Å². The van der Waals surface area contributed by atoms with Crippen LogP contribution >= 0.6 is 0 Å². The smallest absolute Gasteiger partial charge is 0.320 e. The summed E-state index contributed by atoms with van der Waals surface area (Å²) in [6, 6.07) is 0.171. The largest absolute Gasteiger partial charge is 0.325 e. The van der Waals surface area contributed by atoms with E-state index >= 15 is 0 Å². The Labute approximate surface area is 80.7 Å². The second-order valence-electron chi connectivity index (χ2n) is 3.33. The quantitative estimate of drug-likeness (QED) is 0.643. The zero-order valence-corrected chi connectivity index (χ0v) is 8.62. The summed E-state index contributed by atoms with van der Waals surface area (Å²) < 4.78 is 0. The van der Waals surface area contributed by atoms with Gasteiger partial charge in [-0.15, -0.1) is 0 Å². The van der Waals surface area contributed by atoms with E-state index < -0.39 is 0 Å². The first-order chi connectivity index (χ1) is 6.29. The Morgan fingerprint density at radius 1 is 1.38 bits per heavy atom. The fourth-order valence-electron chi connectivity index (χ4n) is 1.61. The van der Waals surface area contributed by atoms with Crippen molar-refractivity contribution < 1.29 is 4.79 Å². The van der Waals surface area contributed by atoms with Crippen LogP contribution in [0.25, 0.3) is 0 Å². The van der Waals surface area contributed by atoms with E-state index in [9.17, 15) is 4.79 Å². The molecule has 1 heterocycles. The third-order valence-corrected chi connectivity index (χ3v) is 2.48. The average molecular weight is 183 g/mol. The molecule has 1 radical (unpaired) electrons. The summed E-state index contributed by atoms with van der Waals surface area (Å²) >= 11 is 0. The maximum Gasteiger partial charge on any atom is 0.320 e. The van der Waals surface area contributed by atoms with Gasteiger partial charge in [0, 0.05) is 19.6 Å². The zero-order valence-electron chi connectivity index (χ0n) is 8.62. The Bertz CT molecular complexity index is 160. The maximum absolute atomic E-state index is 11.8. The lowest BCUT2D eigenvalue weighted by atomic mass is 10.1. The Morgan fingerprint density at radius 2 is 2.08 bits per heavy atom. The van der Waals surface area contributed by atoms with Gasteiger partial charge in [0.1, 0.15) is 0 Å². The van der Waals surface area contributed by atoms with Gasteiger partial charge in [-0.3, -0.25) is 0 Å². The lowest BCUT2D eigenvalue weighted by Crippen LogP contribution is -2.43. The Morgan fingerprint density at radius 3 is 2.54 bits per heavy atom. The van der Waals surface area contributed by atoms with Gasteiger partial charge in [0.05, 0.1) is 6.54 Å². The van der Waals surface area contributed by atoms with Crippen molar-refractivity contribution in [2.75, 3.05) is 19.6 Å². The highest BCUT2D eigenvalue weighted by molar-refractivity contribution is 5.75. The summed E-state index contributed by atoms with van der Waals surface area (Å²) in [6.45, 7) is 8.58. The summed E-state index contributed by atoms with van der Waals surface area (Å²) in [5, 5.41) is 0. The number of carbonyl (C=O) groups excluding carboxylic acids is 1. The number of piperidine rings is 1. The number of likely N-dealkylation sites (tertiary alicyclic amines) is 1. The summed E-state index contributed by atoms with van der Waals surface area (Å²) in [6.07, 6.45) is 3.42. The molecule has 0 spiro atoms. The van der Waals surface area contributed by atoms with Gasteiger partial charge in [-0.05, 0) is 33.1 Å². The van der Waals surface area contributed by atoms with Crippen LogP contribution in [-0.4, -0.2) is 35.5 Å². The Balaban J connectivity index is 2.44. The summed E-state index contributed by atoms with van der Waals surface area (Å²) in [4.78, 5) is 15.5. The van der Waals surface area contributed by atoms with Crippen molar-refractivity contribution >= 4 is 6.03 Å². The molecule has 0 atom stereocenters. The topological polar surface area (TPSA) is 23.6 Å². The van der Waals surface area contributed by atoms with Crippen LogP contribution in [0.15, 0.2) is 0 Å². The molecule has 0 bridgehead atoms. The van der Waals surface area contributed by atoms with Crippen molar-refractivity contribution in [2.24, 2.45) is 0 Å². The number of hydrogen-bond donors (Lipinski definition) is 0. The molecule has 13 heavy (non-hydrogen) atoms. The van der Waals surface area contributed by atoms with Gasteiger partial charge in [-0.25, -0.2) is 4.79 Å². The zero-order chi connectivity index (χ0) is 9.68. The molecule has 0 aromatic heterocycles. The number of rotatable bonds is 2. The van der Waals surface area contributed by atoms with E-state index in [1.165, 1.54) is 6.42 Å². The molecule has 3 nitrogen and oxygen atoms in total. The highest BCUT2D eigenvalue weighted by Crippen LogP contribution is 2.14. The molecule has 0 saturated carbocycles. The number of nitrogens with zero attached hydrogens (tertiary/aromatic N) is 2. The van der Waals surface area contributed by atoms with Crippen molar-refractivity contribution in [1.82, 2.24) is 9.80 Å². The molecule has 75 valence electrons. The average Bonchev–Trinajstić information content (AvgIpc) is 2.21. The van der Waals surface area contributed by atoms with Crippen LogP contribution in [0, 0.1) is 6.54 Å². The predicted octanol–water partition coefficient (Wildman–Crippen LogP) is 2.10. The predicted molar refractivity (Wildman–Crippen MR) is 53.2 cm³/mol. The van der Waals surface area contributed by atoms with Crippen molar-refractivity contribution in [3.63, 3.8) is 0 Å². The van der Waals surface area contributed by atoms with E-state index in [-0.39, 0.29) is 6.03 Å². The number of urea groups is 1. The fraction of sp³-hybridized carbons (Fsp3) is 0.800. The third kappa shape index (κ3) is 2.61. The van der Waals surface area contributed by atoms with Crippen LogP contribution in [-0.2, 0) is 0 Å². The van der Waals surface area contributed by atoms with Crippen molar-refractivity contribution in [3.05, 3.63) is 6.54 Å². The lowest BCUT2D eigenvalue weighted by molar-refractivity contribution is 0.161. The minimum absolute atomic E-state index is 0.171. The first-order valence-electron chi connectivity index (χ1n) is 5.18. The number of carbonyl (C=O) groups is 1. The van der Waals surface area contributed by atoms with E-state index in [1.54, 1.807) is 0 Å². The van der Waals surface area contributed by atoms with Gasteiger partial charge in [0.25, 0.3) is 0 Å². The first-order valence-corrected chi connectivity index (χ1v) is 5.18. The molecule has 2 amide bonds. The van der Waals surface area contributed by atoms with E-state index in [2.05, 4.69) is 0 Å². The standard InChI is InChI=1S/C10H19N2O/c1-3-11(4-2)10(13)12-8-6-5-7-9-12/h8H,3-7,9H2,1-2H3. The van der Waals surface area contributed by atoms with Gasteiger partial charge in [0.15, 0.2) is 0 Å². The minimum atomic E-state index is 0.171. The van der Waals surface area contributed by atoms with Gasteiger partial charge in [-0.1, -0.05) is 0 Å². The summed E-state index contributed by atoms with van der Waals surface area (Å²) in [5.74, 6) is 0. The molecule has 1 rings (SSSR count). The van der Waals surface area contributed by atoms with Gasteiger partial charge in [0.2, 0.25) is 0 Å². The monoisotopic (exact) mass is 183 g/mol. The van der Waals surface area contributed by atoms with E-state index in [0.717, 1.165) is 32.5 Å². The van der Waals surface area contributed by atoms with Gasteiger partial charge in [-0.2, -0.15) is 0 Å². The van der Waals surface area contributed by atoms with E-state index in [1.807, 2.05) is 30.2 Å². The molecule has 0 aromatic carbocycles. The third-order valence-electron chi connectivity index (χ3n) is 2.48. The summed E-state index contributed by atoms with van der Waals surface area (Å²) in [5.41, 5.74) is 0. The molecular formula is C10H19N2O. The molecule has 3 heteroatoms. The minimum Gasteiger partial charge on any atom is -0.325 e. The van der Waals surface area contributed by atoms with Crippen molar-refractivity contribution in [3.8, 4) is 0 Å². The fourth-order valence-corrected chi connectivity index (χ4v) is 1.61. The molecule has 1 aliphatic rings. The lowest BCUT2D eigenvalue weighted by Gasteiger charge is -2.31. The second-order valence-corrected chi connectivity index (χ2v) is 3.33. The Kier molecular flexibility index (Phi) is 4.06. The SMILES string of the molecule is CCN(CC)C(=O)N1[CH]CCCC1. The molecule has 1 saturated heterocycles. The number of amides is 2. The van der Waals surface area contributed by atoms with Crippen LogP contribution in [0.5, 0.6) is 0 Å². The van der Waals surface area contributed by atoms with Crippen molar-refractivity contribution in [2.45, 2.75) is 33.1 Å². The molecule has 0 N–H and O–H groups in total. The normalized spacial score (nSPS) is 17.2. The number of hydrogen-bond acceptors (Lipinski definition) is 1. The summed E-state index contributed by atoms with van der Waals surface area (Å²) in [7, 11) is 0. The highest BCUT2D eigenvalue weighted by Gasteiger charge is 2.20. The maximum atomic E-state index is 11.8.